The maximum atomic E-state index is 5.95. The number of para-hydroxylation sites is 1. The molecule has 118 valence electrons. The van der Waals surface area contributed by atoms with Crippen molar-refractivity contribution in [2.45, 2.75) is 13.0 Å². The number of aliphatic imine (C=N–C) groups is 1. The summed E-state index contributed by atoms with van der Waals surface area (Å²) in [4.78, 5) is 9.87. The molecule has 0 fully saturated rings. The third-order valence-corrected chi connectivity index (χ3v) is 4.39. The van der Waals surface area contributed by atoms with E-state index in [4.69, 9.17) is 5.73 Å². The van der Waals surface area contributed by atoms with Crippen LogP contribution in [0.15, 0.2) is 65.5 Å². The van der Waals surface area contributed by atoms with Crippen molar-refractivity contribution in [3.63, 3.8) is 0 Å². The van der Waals surface area contributed by atoms with E-state index in [0.717, 1.165) is 24.2 Å². The highest BCUT2D eigenvalue weighted by Crippen LogP contribution is 2.15. The van der Waals surface area contributed by atoms with Gasteiger partial charge in [-0.1, -0.05) is 24.3 Å². The van der Waals surface area contributed by atoms with Gasteiger partial charge in [-0.15, -0.1) is 11.3 Å². The van der Waals surface area contributed by atoms with Crippen LogP contribution in [-0.2, 0) is 13.0 Å². The Bertz CT molecular complexity index is 747. The number of benzene rings is 1. The van der Waals surface area contributed by atoms with Crippen molar-refractivity contribution in [2.24, 2.45) is 10.7 Å². The van der Waals surface area contributed by atoms with E-state index >= 15 is 0 Å². The SMILES string of the molecule is NC(=NCc1ccccc1-n1ccnc1)NCCc1cccs1. The predicted molar refractivity (Wildman–Crippen MR) is 94.9 cm³/mol. The number of aromatic nitrogens is 2. The predicted octanol–water partition coefficient (Wildman–Crippen LogP) is 2.58. The molecule has 6 heteroatoms. The summed E-state index contributed by atoms with van der Waals surface area (Å²) in [6, 6.07) is 12.3. The molecule has 3 rings (SSSR count). The van der Waals surface area contributed by atoms with Gasteiger partial charge in [0.1, 0.15) is 0 Å². The van der Waals surface area contributed by atoms with E-state index in [0.29, 0.717) is 12.5 Å². The minimum Gasteiger partial charge on any atom is -0.370 e. The van der Waals surface area contributed by atoms with Crippen LogP contribution >= 0.6 is 11.3 Å². The molecular weight excluding hydrogens is 306 g/mol. The van der Waals surface area contributed by atoms with Crippen LogP contribution in [0.25, 0.3) is 5.69 Å². The molecule has 0 bridgehead atoms. The van der Waals surface area contributed by atoms with Gasteiger partial charge in [0.2, 0.25) is 0 Å². The number of nitrogens with one attached hydrogen (secondary N) is 1. The normalized spacial score (nSPS) is 11.6. The first-order valence-corrected chi connectivity index (χ1v) is 8.33. The lowest BCUT2D eigenvalue weighted by atomic mass is 10.2. The molecular formula is C17H19N5S. The van der Waals surface area contributed by atoms with Crippen molar-refractivity contribution >= 4 is 17.3 Å². The van der Waals surface area contributed by atoms with Crippen LogP contribution in [0.5, 0.6) is 0 Å². The number of imidazole rings is 1. The highest BCUT2D eigenvalue weighted by Gasteiger charge is 2.03. The standard InChI is InChI=1S/C17H19N5S/c18-17(20-8-7-15-5-3-11-23-15)21-12-14-4-1-2-6-16(14)22-10-9-19-13-22/h1-6,9-11,13H,7-8,12H2,(H3,18,20,21). The van der Waals surface area contributed by atoms with Gasteiger partial charge in [-0.25, -0.2) is 9.98 Å². The minimum atomic E-state index is 0.474. The molecule has 0 saturated heterocycles. The summed E-state index contributed by atoms with van der Waals surface area (Å²) in [5, 5.41) is 5.24. The topological polar surface area (TPSA) is 68.2 Å². The first kappa shape index (κ1) is 15.3. The lowest BCUT2D eigenvalue weighted by Gasteiger charge is -2.09. The molecule has 3 aromatic rings. The van der Waals surface area contributed by atoms with Gasteiger partial charge in [0, 0.05) is 23.8 Å². The van der Waals surface area contributed by atoms with Gasteiger partial charge in [0.15, 0.2) is 5.96 Å². The monoisotopic (exact) mass is 325 g/mol. The Morgan fingerprint density at radius 3 is 2.96 bits per heavy atom. The number of nitrogens with zero attached hydrogens (tertiary/aromatic N) is 3. The third kappa shape index (κ3) is 4.20. The lowest BCUT2D eigenvalue weighted by Crippen LogP contribution is -2.33. The maximum Gasteiger partial charge on any atom is 0.188 e. The molecule has 1 aromatic carbocycles. The number of thiophene rings is 1. The van der Waals surface area contributed by atoms with E-state index in [2.05, 4.69) is 38.9 Å². The van der Waals surface area contributed by atoms with Crippen LogP contribution in [0.3, 0.4) is 0 Å². The number of guanidine groups is 1. The summed E-state index contributed by atoms with van der Waals surface area (Å²) in [5.41, 5.74) is 8.13. The second-order valence-corrected chi connectivity index (χ2v) is 6.09. The Balaban J connectivity index is 1.59. The molecule has 0 radical (unpaired) electrons. The van der Waals surface area contributed by atoms with Crippen molar-refractivity contribution in [1.29, 1.82) is 0 Å². The Morgan fingerprint density at radius 1 is 1.26 bits per heavy atom. The second kappa shape index (κ2) is 7.60. The summed E-state index contributed by atoms with van der Waals surface area (Å²) in [5.74, 6) is 0.474. The third-order valence-electron chi connectivity index (χ3n) is 3.45. The van der Waals surface area contributed by atoms with E-state index in [-0.39, 0.29) is 0 Å². The molecule has 0 aliphatic carbocycles. The molecule has 3 N–H and O–H groups in total. The van der Waals surface area contributed by atoms with Crippen molar-refractivity contribution in [1.82, 2.24) is 14.9 Å². The van der Waals surface area contributed by atoms with Crippen LogP contribution in [0.4, 0.5) is 0 Å². The Kier molecular flexibility index (Phi) is 5.06. The Morgan fingerprint density at radius 2 is 2.17 bits per heavy atom. The number of rotatable bonds is 6. The lowest BCUT2D eigenvalue weighted by molar-refractivity contribution is 0.855. The molecule has 0 aliphatic rings. The zero-order chi connectivity index (χ0) is 15.9. The number of hydrogen-bond acceptors (Lipinski definition) is 3. The van der Waals surface area contributed by atoms with Crippen LogP contribution in [-0.4, -0.2) is 22.1 Å². The van der Waals surface area contributed by atoms with Crippen molar-refractivity contribution in [3.05, 3.63) is 70.9 Å². The zero-order valence-electron chi connectivity index (χ0n) is 12.7. The smallest absolute Gasteiger partial charge is 0.188 e. The van der Waals surface area contributed by atoms with Crippen LogP contribution in [0.2, 0.25) is 0 Å². The van der Waals surface area contributed by atoms with E-state index in [1.165, 1.54) is 4.88 Å². The quantitative estimate of drug-likeness (QED) is 0.541. The van der Waals surface area contributed by atoms with Gasteiger partial charge in [-0.3, -0.25) is 0 Å². The van der Waals surface area contributed by atoms with Gasteiger partial charge in [0.25, 0.3) is 0 Å². The fraction of sp³-hybridized carbons (Fsp3) is 0.176. The number of nitrogens with two attached hydrogens (primary N) is 1. The van der Waals surface area contributed by atoms with Crippen LogP contribution in [0, 0.1) is 0 Å². The first-order valence-electron chi connectivity index (χ1n) is 7.45. The van der Waals surface area contributed by atoms with Crippen LogP contribution in [0.1, 0.15) is 10.4 Å². The molecule has 0 atom stereocenters. The van der Waals surface area contributed by atoms with Crippen molar-refractivity contribution in [2.75, 3.05) is 6.54 Å². The van der Waals surface area contributed by atoms with Gasteiger partial charge >= 0.3 is 0 Å². The Labute approximate surface area is 139 Å². The highest BCUT2D eigenvalue weighted by atomic mass is 32.1. The molecule has 0 amide bonds. The molecule has 5 nitrogen and oxygen atoms in total. The summed E-state index contributed by atoms with van der Waals surface area (Å²) in [6.07, 6.45) is 6.43. The average Bonchev–Trinajstić information content (AvgIpc) is 3.27. The first-order chi connectivity index (χ1) is 11.3. The van der Waals surface area contributed by atoms with Crippen molar-refractivity contribution in [3.8, 4) is 5.69 Å². The summed E-state index contributed by atoms with van der Waals surface area (Å²) < 4.78 is 1.98. The van der Waals surface area contributed by atoms with Gasteiger partial charge < -0.3 is 15.6 Å². The minimum absolute atomic E-state index is 0.474. The van der Waals surface area contributed by atoms with Gasteiger partial charge in [-0.05, 0) is 29.5 Å². The Hall–Kier alpha value is -2.60. The van der Waals surface area contributed by atoms with E-state index in [1.807, 2.05) is 29.0 Å². The largest absolute Gasteiger partial charge is 0.370 e. The van der Waals surface area contributed by atoms with E-state index < -0.39 is 0 Å². The van der Waals surface area contributed by atoms with E-state index in [9.17, 15) is 0 Å². The molecule has 0 unspecified atom stereocenters. The number of hydrogen-bond donors (Lipinski definition) is 2. The van der Waals surface area contributed by atoms with Crippen molar-refractivity contribution < 1.29 is 0 Å². The molecule has 0 saturated carbocycles. The molecule has 2 heterocycles. The summed E-state index contributed by atoms with van der Waals surface area (Å²) in [7, 11) is 0. The molecule has 0 aliphatic heterocycles. The summed E-state index contributed by atoms with van der Waals surface area (Å²) >= 11 is 1.76. The average molecular weight is 325 g/mol. The molecule has 0 spiro atoms. The maximum absolute atomic E-state index is 5.95. The second-order valence-electron chi connectivity index (χ2n) is 5.06. The molecule has 23 heavy (non-hydrogen) atoms. The van der Waals surface area contributed by atoms with Crippen LogP contribution < -0.4 is 11.1 Å². The fourth-order valence-corrected chi connectivity index (χ4v) is 3.00. The zero-order valence-corrected chi connectivity index (χ0v) is 13.5. The van der Waals surface area contributed by atoms with Gasteiger partial charge in [0.05, 0.1) is 18.6 Å². The summed E-state index contributed by atoms with van der Waals surface area (Å²) in [6.45, 7) is 1.32. The highest BCUT2D eigenvalue weighted by molar-refractivity contribution is 7.09. The van der Waals surface area contributed by atoms with E-state index in [1.54, 1.807) is 23.9 Å². The fourth-order valence-electron chi connectivity index (χ4n) is 2.29. The molecule has 2 aromatic heterocycles. The van der Waals surface area contributed by atoms with Gasteiger partial charge in [-0.2, -0.15) is 0 Å².